The maximum atomic E-state index is 12.8. The number of carbonyl (C=O) groups excluding carboxylic acids is 3. The Morgan fingerprint density at radius 2 is 1.83 bits per heavy atom. The van der Waals surface area contributed by atoms with E-state index in [0.717, 1.165) is 16.3 Å². The lowest BCUT2D eigenvalue weighted by molar-refractivity contribution is -0.130. The Morgan fingerprint density at radius 3 is 2.40 bits per heavy atom. The second kappa shape index (κ2) is 7.82. The number of hydrogen-bond acceptors (Lipinski definition) is 7. The minimum atomic E-state index is -0.396. The minimum absolute atomic E-state index is 0.189. The number of urea groups is 1. The summed E-state index contributed by atoms with van der Waals surface area (Å²) in [4.78, 5) is 41.4. The molecule has 2 aliphatic heterocycles. The van der Waals surface area contributed by atoms with Gasteiger partial charge in [0.05, 0.1) is 18.3 Å². The van der Waals surface area contributed by atoms with Crippen molar-refractivity contribution in [2.45, 2.75) is 26.4 Å². The lowest BCUT2D eigenvalue weighted by atomic mass is 10.2. The molecule has 30 heavy (non-hydrogen) atoms. The molecule has 11 heteroatoms. The van der Waals surface area contributed by atoms with Crippen LogP contribution >= 0.6 is 0 Å². The lowest BCUT2D eigenvalue weighted by Crippen LogP contribution is -2.62. The number of nitrogens with zero attached hydrogens (tertiary/aromatic N) is 7. The summed E-state index contributed by atoms with van der Waals surface area (Å²) in [6.45, 7) is 5.92. The average molecular weight is 412 g/mol. The third kappa shape index (κ3) is 3.75. The van der Waals surface area contributed by atoms with Gasteiger partial charge in [-0.2, -0.15) is 5.10 Å². The smallest absolute Gasteiger partial charge is 0.325 e. The minimum Gasteiger partial charge on any atom is -0.335 e. The van der Waals surface area contributed by atoms with Crippen LogP contribution < -0.4 is 5.32 Å². The Bertz CT molecular complexity index is 960. The van der Waals surface area contributed by atoms with E-state index in [0.29, 0.717) is 32.0 Å². The Labute approximate surface area is 173 Å². The molecule has 2 fully saturated rings. The summed E-state index contributed by atoms with van der Waals surface area (Å²) in [5, 5.41) is 15.4. The van der Waals surface area contributed by atoms with Gasteiger partial charge >= 0.3 is 6.03 Å². The Balaban J connectivity index is 1.37. The van der Waals surface area contributed by atoms with E-state index in [9.17, 15) is 14.4 Å². The molecule has 0 radical (unpaired) electrons. The van der Waals surface area contributed by atoms with Crippen LogP contribution in [0.2, 0.25) is 0 Å². The molecule has 0 aliphatic carbocycles. The van der Waals surface area contributed by atoms with Crippen LogP contribution in [0.1, 0.15) is 28.3 Å². The van der Waals surface area contributed by atoms with Gasteiger partial charge < -0.3 is 10.2 Å². The zero-order chi connectivity index (χ0) is 21.4. The molecule has 2 aromatic heterocycles. The molecule has 158 valence electrons. The quantitative estimate of drug-likeness (QED) is 0.750. The summed E-state index contributed by atoms with van der Waals surface area (Å²) in [5.41, 5.74) is 2.10. The SMILES string of the molecule is Cc1cc(C)n(-c2ccc(C(=O)N3CCN(C4CC(=O)N(C)C(=O)N4)CC3)nn2)n1. The van der Waals surface area contributed by atoms with Crippen molar-refractivity contribution in [1.82, 2.24) is 40.0 Å². The van der Waals surface area contributed by atoms with Crippen LogP contribution in [0.25, 0.3) is 5.82 Å². The summed E-state index contributed by atoms with van der Waals surface area (Å²) in [6.07, 6.45) is -0.103. The number of piperazine rings is 1. The number of nitrogens with one attached hydrogen (secondary N) is 1. The first-order valence-electron chi connectivity index (χ1n) is 9.81. The highest BCUT2D eigenvalue weighted by Crippen LogP contribution is 2.15. The molecular formula is C19H24N8O3. The standard InChI is InChI=1S/C19H24N8O3/c1-12-10-13(2)27(23-12)15-5-4-14(21-22-15)18(29)26-8-6-25(7-9-26)16-11-17(28)24(3)19(30)20-16/h4-5,10,16H,6-9,11H2,1-3H3,(H,20,30). The van der Waals surface area contributed by atoms with Gasteiger partial charge in [-0.05, 0) is 32.0 Å². The molecule has 0 saturated carbocycles. The molecule has 4 amide bonds. The van der Waals surface area contributed by atoms with Crippen molar-refractivity contribution in [2.24, 2.45) is 0 Å². The molecule has 0 bridgehead atoms. The molecule has 2 aliphatic rings. The van der Waals surface area contributed by atoms with Crippen LogP contribution in [0.4, 0.5) is 4.79 Å². The molecule has 11 nitrogen and oxygen atoms in total. The monoisotopic (exact) mass is 412 g/mol. The van der Waals surface area contributed by atoms with E-state index in [2.05, 4.69) is 20.6 Å². The average Bonchev–Trinajstić information content (AvgIpc) is 3.09. The molecule has 0 aromatic carbocycles. The van der Waals surface area contributed by atoms with Gasteiger partial charge in [0.1, 0.15) is 0 Å². The van der Waals surface area contributed by atoms with Crippen molar-refractivity contribution in [3.63, 3.8) is 0 Å². The molecule has 2 saturated heterocycles. The Morgan fingerprint density at radius 1 is 1.10 bits per heavy atom. The zero-order valence-corrected chi connectivity index (χ0v) is 17.2. The van der Waals surface area contributed by atoms with E-state index in [-0.39, 0.29) is 30.1 Å². The second-order valence-corrected chi connectivity index (χ2v) is 7.57. The van der Waals surface area contributed by atoms with Gasteiger partial charge in [-0.3, -0.25) is 19.4 Å². The van der Waals surface area contributed by atoms with Crippen LogP contribution in [0.5, 0.6) is 0 Å². The van der Waals surface area contributed by atoms with Crippen molar-refractivity contribution in [2.75, 3.05) is 33.2 Å². The van der Waals surface area contributed by atoms with Crippen molar-refractivity contribution in [3.8, 4) is 5.82 Å². The van der Waals surface area contributed by atoms with Crippen molar-refractivity contribution in [1.29, 1.82) is 0 Å². The van der Waals surface area contributed by atoms with Crippen molar-refractivity contribution >= 4 is 17.8 Å². The fraction of sp³-hybridized carbons (Fsp3) is 0.474. The number of hydrogen-bond donors (Lipinski definition) is 1. The summed E-state index contributed by atoms with van der Waals surface area (Å²) in [5.74, 6) is 0.162. The largest absolute Gasteiger partial charge is 0.335 e. The van der Waals surface area contributed by atoms with Crippen molar-refractivity contribution < 1.29 is 14.4 Å². The molecule has 2 aromatic rings. The summed E-state index contributed by atoms with van der Waals surface area (Å²) < 4.78 is 1.69. The first kappa shape index (κ1) is 20.0. The molecular weight excluding hydrogens is 388 g/mol. The van der Waals surface area contributed by atoms with Crippen molar-refractivity contribution in [3.05, 3.63) is 35.3 Å². The maximum Gasteiger partial charge on any atom is 0.325 e. The molecule has 4 heterocycles. The fourth-order valence-corrected chi connectivity index (χ4v) is 3.74. The van der Waals surface area contributed by atoms with Crippen LogP contribution in [-0.4, -0.2) is 91.9 Å². The summed E-state index contributed by atoms with van der Waals surface area (Å²) >= 11 is 0. The molecule has 1 unspecified atom stereocenters. The highest BCUT2D eigenvalue weighted by Gasteiger charge is 2.35. The van der Waals surface area contributed by atoms with Gasteiger partial charge in [-0.1, -0.05) is 0 Å². The number of imide groups is 1. The van der Waals surface area contributed by atoms with Crippen LogP contribution in [-0.2, 0) is 4.79 Å². The number of aryl methyl sites for hydroxylation is 2. The third-order valence-electron chi connectivity index (χ3n) is 5.48. The molecule has 4 rings (SSSR count). The number of rotatable bonds is 3. The molecule has 0 spiro atoms. The van der Waals surface area contributed by atoms with Gasteiger partial charge in [0.2, 0.25) is 5.91 Å². The van der Waals surface area contributed by atoms with E-state index in [1.807, 2.05) is 24.8 Å². The first-order chi connectivity index (χ1) is 14.3. The first-order valence-corrected chi connectivity index (χ1v) is 9.81. The third-order valence-corrected chi connectivity index (χ3v) is 5.48. The fourth-order valence-electron chi connectivity index (χ4n) is 3.74. The van der Waals surface area contributed by atoms with Gasteiger partial charge in [-0.25, -0.2) is 9.48 Å². The maximum absolute atomic E-state index is 12.8. The Kier molecular flexibility index (Phi) is 5.20. The van der Waals surface area contributed by atoms with Crippen LogP contribution in [0, 0.1) is 13.8 Å². The zero-order valence-electron chi connectivity index (χ0n) is 17.2. The summed E-state index contributed by atoms with van der Waals surface area (Å²) in [6, 6.07) is 4.94. The number of amides is 4. The van der Waals surface area contributed by atoms with Gasteiger partial charge in [-0.15, -0.1) is 10.2 Å². The summed E-state index contributed by atoms with van der Waals surface area (Å²) in [7, 11) is 1.46. The van der Waals surface area contributed by atoms with Crippen LogP contribution in [0.15, 0.2) is 18.2 Å². The van der Waals surface area contributed by atoms with E-state index < -0.39 is 6.03 Å². The Hall–Kier alpha value is -3.34. The van der Waals surface area contributed by atoms with E-state index in [4.69, 9.17) is 0 Å². The van der Waals surface area contributed by atoms with Gasteiger partial charge in [0.15, 0.2) is 11.5 Å². The second-order valence-electron chi connectivity index (χ2n) is 7.57. The highest BCUT2D eigenvalue weighted by atomic mass is 16.2. The van der Waals surface area contributed by atoms with Gasteiger partial charge in [0.25, 0.3) is 5.91 Å². The predicted octanol–water partition coefficient (Wildman–Crippen LogP) is -0.0653. The molecule has 1 atom stereocenters. The van der Waals surface area contributed by atoms with E-state index >= 15 is 0 Å². The van der Waals surface area contributed by atoms with Crippen LogP contribution in [0.3, 0.4) is 0 Å². The van der Waals surface area contributed by atoms with Gasteiger partial charge in [0, 0.05) is 38.9 Å². The highest BCUT2D eigenvalue weighted by molar-refractivity contribution is 5.96. The normalized spacial score (nSPS) is 20.4. The van der Waals surface area contributed by atoms with E-state index in [1.165, 1.54) is 7.05 Å². The predicted molar refractivity (Wildman–Crippen MR) is 106 cm³/mol. The topological polar surface area (TPSA) is 117 Å². The lowest BCUT2D eigenvalue weighted by Gasteiger charge is -2.41. The number of carbonyl (C=O) groups is 3. The molecule has 1 N–H and O–H groups in total. The number of aromatic nitrogens is 4. The van der Waals surface area contributed by atoms with E-state index in [1.54, 1.807) is 21.7 Å².